The number of benzene rings is 2. The van der Waals surface area contributed by atoms with Gasteiger partial charge in [-0.15, -0.1) is 0 Å². The number of aliphatic imine (C=N–C) groups is 1. The van der Waals surface area contributed by atoms with E-state index in [9.17, 15) is 9.59 Å². The van der Waals surface area contributed by atoms with Crippen molar-refractivity contribution in [3.8, 4) is 5.75 Å². The summed E-state index contributed by atoms with van der Waals surface area (Å²) in [6, 6.07) is 13.6. The molecule has 4 heterocycles. The maximum absolute atomic E-state index is 13.4. The Kier molecular flexibility index (Phi) is 6.27. The van der Waals surface area contributed by atoms with Gasteiger partial charge in [0.25, 0.3) is 5.91 Å². The SMILES string of the molecule is CCC12CCCCc3ccc4c(c3)C(CC(C)(C)O4)NC(=O)c3cccc(c3)CN(C(=O)C1)C(N)=N2. The minimum Gasteiger partial charge on any atom is -0.487 e. The Hall–Kier alpha value is -3.35. The molecule has 0 radical (unpaired) electrons. The fourth-order valence-electron chi connectivity index (χ4n) is 5.75. The summed E-state index contributed by atoms with van der Waals surface area (Å²) in [7, 11) is 0. The molecule has 2 atom stereocenters. The number of nitrogens with one attached hydrogen (secondary N) is 1. The highest BCUT2D eigenvalue weighted by atomic mass is 16.5. The molecule has 4 aliphatic heterocycles. The summed E-state index contributed by atoms with van der Waals surface area (Å²) < 4.78 is 6.26. The van der Waals surface area contributed by atoms with E-state index in [0.717, 1.165) is 49.0 Å². The molecule has 36 heavy (non-hydrogen) atoms. The van der Waals surface area contributed by atoms with Gasteiger partial charge in [-0.3, -0.25) is 14.5 Å². The number of aryl methyl sites for hydroxylation is 1. The van der Waals surface area contributed by atoms with Crippen LogP contribution in [0.3, 0.4) is 0 Å². The smallest absolute Gasteiger partial charge is 0.251 e. The average molecular weight is 489 g/mol. The summed E-state index contributed by atoms with van der Waals surface area (Å²) >= 11 is 0. The first-order valence-electron chi connectivity index (χ1n) is 13.0. The summed E-state index contributed by atoms with van der Waals surface area (Å²) in [5.74, 6) is 0.953. The second kappa shape index (κ2) is 9.26. The molecule has 3 N–H and O–H groups in total. The van der Waals surface area contributed by atoms with E-state index in [0.29, 0.717) is 24.9 Å². The van der Waals surface area contributed by atoms with Gasteiger partial charge in [-0.05, 0) is 68.9 Å². The zero-order valence-electron chi connectivity index (χ0n) is 21.5. The summed E-state index contributed by atoms with van der Waals surface area (Å²) in [6.07, 6.45) is 5.51. The number of nitrogens with zero attached hydrogens (tertiary/aromatic N) is 2. The number of guanidine groups is 1. The molecule has 6 bridgehead atoms. The van der Waals surface area contributed by atoms with Crippen LogP contribution in [0, 0.1) is 0 Å². The summed E-state index contributed by atoms with van der Waals surface area (Å²) in [4.78, 5) is 32.9. The summed E-state index contributed by atoms with van der Waals surface area (Å²) in [6.45, 7) is 6.49. The molecule has 7 heteroatoms. The summed E-state index contributed by atoms with van der Waals surface area (Å²) in [5, 5.41) is 3.25. The van der Waals surface area contributed by atoms with E-state index in [1.54, 1.807) is 11.0 Å². The number of carbonyl (C=O) groups excluding carboxylic acids is 2. The standard InChI is InChI=1S/C29H36N4O3/c1-4-29-13-6-5-8-19-11-12-24-22(15-19)23(16-28(2,3)36-24)31-26(35)21-10-7-9-20(14-21)18-33(25(34)17-29)27(30)32-29/h7,9-12,14-15,23H,4-6,8,13,16-18H2,1-3H3,(H2,30,32)(H,31,35). The highest BCUT2D eigenvalue weighted by Gasteiger charge is 2.38. The van der Waals surface area contributed by atoms with Crippen molar-refractivity contribution in [3.05, 3.63) is 64.7 Å². The second-order valence-electron chi connectivity index (χ2n) is 11.1. The topological polar surface area (TPSA) is 97.0 Å². The van der Waals surface area contributed by atoms with Crippen LogP contribution in [0.15, 0.2) is 47.5 Å². The van der Waals surface area contributed by atoms with Crippen LogP contribution in [0.25, 0.3) is 0 Å². The van der Waals surface area contributed by atoms with Gasteiger partial charge in [-0.25, -0.2) is 4.99 Å². The highest BCUT2D eigenvalue weighted by molar-refractivity contribution is 5.99. The number of amides is 2. The Balaban J connectivity index is 1.53. The molecule has 2 aromatic carbocycles. The van der Waals surface area contributed by atoms with Crippen molar-refractivity contribution in [2.24, 2.45) is 10.7 Å². The largest absolute Gasteiger partial charge is 0.487 e. The van der Waals surface area contributed by atoms with Gasteiger partial charge < -0.3 is 15.8 Å². The molecule has 190 valence electrons. The number of hydrogen-bond acceptors (Lipinski definition) is 5. The lowest BCUT2D eigenvalue weighted by Crippen LogP contribution is -2.51. The number of nitrogens with two attached hydrogens (primary N) is 1. The number of ether oxygens (including phenoxy) is 1. The predicted molar refractivity (Wildman–Crippen MR) is 140 cm³/mol. The van der Waals surface area contributed by atoms with Crippen LogP contribution < -0.4 is 15.8 Å². The molecule has 2 unspecified atom stereocenters. The third-order valence-corrected chi connectivity index (χ3v) is 7.79. The molecular weight excluding hydrogens is 452 g/mol. The van der Waals surface area contributed by atoms with Gasteiger partial charge in [-0.1, -0.05) is 37.6 Å². The van der Waals surface area contributed by atoms with Crippen molar-refractivity contribution in [3.63, 3.8) is 0 Å². The molecule has 0 fully saturated rings. The van der Waals surface area contributed by atoms with Crippen LogP contribution in [-0.2, 0) is 17.8 Å². The lowest BCUT2D eigenvalue weighted by molar-refractivity contribution is -0.130. The van der Waals surface area contributed by atoms with E-state index >= 15 is 0 Å². The first kappa shape index (κ1) is 24.3. The highest BCUT2D eigenvalue weighted by Crippen LogP contribution is 2.40. The molecule has 4 aliphatic rings. The van der Waals surface area contributed by atoms with E-state index in [2.05, 4.69) is 38.2 Å². The van der Waals surface area contributed by atoms with Gasteiger partial charge in [0.1, 0.15) is 11.4 Å². The number of carbonyl (C=O) groups is 2. The molecule has 7 nitrogen and oxygen atoms in total. The van der Waals surface area contributed by atoms with Crippen LogP contribution in [0.2, 0.25) is 0 Å². The Morgan fingerprint density at radius 2 is 1.97 bits per heavy atom. The molecule has 6 rings (SSSR count). The monoisotopic (exact) mass is 488 g/mol. The van der Waals surface area contributed by atoms with Crippen molar-refractivity contribution >= 4 is 17.8 Å². The van der Waals surface area contributed by atoms with E-state index in [-0.39, 0.29) is 29.4 Å². The zero-order chi connectivity index (χ0) is 25.5. The number of fused-ring (bicyclic) bond motifs is 5. The lowest BCUT2D eigenvalue weighted by atomic mass is 9.84. The van der Waals surface area contributed by atoms with Gasteiger partial charge in [0.2, 0.25) is 5.91 Å². The quantitative estimate of drug-likeness (QED) is 0.611. The van der Waals surface area contributed by atoms with E-state index in [1.165, 1.54) is 5.56 Å². The molecule has 0 saturated carbocycles. The van der Waals surface area contributed by atoms with Crippen LogP contribution in [0.1, 0.15) is 92.4 Å². The van der Waals surface area contributed by atoms with Gasteiger partial charge in [0.05, 0.1) is 24.5 Å². The van der Waals surface area contributed by atoms with Gasteiger partial charge in [-0.2, -0.15) is 0 Å². The van der Waals surface area contributed by atoms with E-state index in [4.69, 9.17) is 15.5 Å². The third-order valence-electron chi connectivity index (χ3n) is 7.79. The molecule has 0 aliphatic carbocycles. The van der Waals surface area contributed by atoms with E-state index in [1.807, 2.05) is 24.3 Å². The van der Waals surface area contributed by atoms with Gasteiger partial charge in [0.15, 0.2) is 5.96 Å². The normalized spacial score (nSPS) is 25.8. The third kappa shape index (κ3) is 4.84. The Labute approximate surface area is 213 Å². The predicted octanol–water partition coefficient (Wildman–Crippen LogP) is 4.64. The van der Waals surface area contributed by atoms with Crippen molar-refractivity contribution in [2.75, 3.05) is 0 Å². The second-order valence-corrected chi connectivity index (χ2v) is 11.1. The molecule has 0 aromatic heterocycles. The number of rotatable bonds is 1. The van der Waals surface area contributed by atoms with Crippen LogP contribution in [0.4, 0.5) is 0 Å². The fourth-order valence-corrected chi connectivity index (χ4v) is 5.75. The average Bonchev–Trinajstić information content (AvgIpc) is 2.83. The molecule has 2 amide bonds. The Morgan fingerprint density at radius 1 is 1.14 bits per heavy atom. The fraction of sp³-hybridized carbons (Fsp3) is 0.483. The Morgan fingerprint density at radius 3 is 2.75 bits per heavy atom. The van der Waals surface area contributed by atoms with Crippen molar-refractivity contribution in [1.29, 1.82) is 0 Å². The van der Waals surface area contributed by atoms with Crippen LogP contribution in [0.5, 0.6) is 5.75 Å². The lowest BCUT2D eigenvalue weighted by Gasteiger charge is -2.38. The molecular formula is C29H36N4O3. The first-order valence-corrected chi connectivity index (χ1v) is 13.0. The van der Waals surface area contributed by atoms with E-state index < -0.39 is 5.54 Å². The van der Waals surface area contributed by atoms with Crippen molar-refractivity contribution < 1.29 is 14.3 Å². The number of hydrogen-bond donors (Lipinski definition) is 2. The molecule has 2 aromatic rings. The van der Waals surface area contributed by atoms with Crippen LogP contribution in [-0.4, -0.2) is 33.8 Å². The van der Waals surface area contributed by atoms with Gasteiger partial charge >= 0.3 is 0 Å². The zero-order valence-corrected chi connectivity index (χ0v) is 21.5. The maximum atomic E-state index is 13.4. The maximum Gasteiger partial charge on any atom is 0.251 e. The van der Waals surface area contributed by atoms with Gasteiger partial charge in [0, 0.05) is 17.5 Å². The molecule has 0 saturated heterocycles. The van der Waals surface area contributed by atoms with Crippen molar-refractivity contribution in [2.45, 2.75) is 89.4 Å². The molecule has 0 spiro atoms. The van der Waals surface area contributed by atoms with Crippen LogP contribution >= 0.6 is 0 Å². The summed E-state index contributed by atoms with van der Waals surface area (Å²) in [5.41, 5.74) is 9.17. The van der Waals surface area contributed by atoms with Crippen molar-refractivity contribution in [1.82, 2.24) is 10.2 Å². The minimum absolute atomic E-state index is 0.00927. The minimum atomic E-state index is -0.439. The first-order chi connectivity index (χ1) is 17.2. The Bertz CT molecular complexity index is 1220.